The molecule has 0 N–H and O–H groups in total. The molecular formula is C13H17IO2. The van der Waals surface area contributed by atoms with E-state index in [-0.39, 0.29) is 5.97 Å². The molecule has 0 amide bonds. The molecule has 0 aromatic carbocycles. The van der Waals surface area contributed by atoms with Gasteiger partial charge in [-0.15, -0.1) is 0 Å². The molecule has 3 aliphatic carbocycles. The molecule has 1 aliphatic heterocycles. The molecule has 3 saturated carbocycles. The SMILES string of the molecule is O=C1OC2C(I)C3C(C4CCCCC4)C1C23. The van der Waals surface area contributed by atoms with Crippen LogP contribution in [0.1, 0.15) is 32.1 Å². The van der Waals surface area contributed by atoms with Crippen LogP contribution in [0.2, 0.25) is 0 Å². The van der Waals surface area contributed by atoms with E-state index in [4.69, 9.17) is 4.74 Å². The molecule has 16 heavy (non-hydrogen) atoms. The van der Waals surface area contributed by atoms with Gasteiger partial charge in [0, 0.05) is 5.92 Å². The van der Waals surface area contributed by atoms with Gasteiger partial charge < -0.3 is 4.74 Å². The predicted molar refractivity (Wildman–Crippen MR) is 68.2 cm³/mol. The average Bonchev–Trinajstić information content (AvgIpc) is 2.43. The quantitative estimate of drug-likeness (QED) is 0.419. The molecule has 4 rings (SSSR count). The zero-order chi connectivity index (χ0) is 10.9. The third kappa shape index (κ3) is 1.06. The van der Waals surface area contributed by atoms with Crippen molar-refractivity contribution < 1.29 is 9.53 Å². The van der Waals surface area contributed by atoms with Crippen molar-refractivity contribution >= 4 is 28.6 Å². The molecule has 2 nitrogen and oxygen atoms in total. The average molecular weight is 332 g/mol. The molecular weight excluding hydrogens is 315 g/mol. The van der Waals surface area contributed by atoms with Gasteiger partial charge in [0.1, 0.15) is 6.10 Å². The summed E-state index contributed by atoms with van der Waals surface area (Å²) in [6.45, 7) is 0. The lowest BCUT2D eigenvalue weighted by Gasteiger charge is -2.61. The van der Waals surface area contributed by atoms with Gasteiger partial charge in [-0.05, 0) is 17.8 Å². The molecule has 6 atom stereocenters. The Labute approximate surface area is 110 Å². The van der Waals surface area contributed by atoms with Crippen molar-refractivity contribution in [3.63, 3.8) is 0 Å². The number of rotatable bonds is 1. The number of halogens is 1. The zero-order valence-electron chi connectivity index (χ0n) is 9.27. The van der Waals surface area contributed by atoms with Crippen LogP contribution in [0, 0.1) is 29.6 Å². The third-order valence-corrected chi connectivity index (χ3v) is 7.04. The fraction of sp³-hybridized carbons (Fsp3) is 0.923. The molecule has 0 aromatic heterocycles. The summed E-state index contributed by atoms with van der Waals surface area (Å²) in [6, 6.07) is 0. The lowest BCUT2D eigenvalue weighted by molar-refractivity contribution is -0.146. The Morgan fingerprint density at radius 3 is 2.56 bits per heavy atom. The minimum atomic E-state index is 0.140. The normalized spacial score (nSPS) is 54.9. The first-order chi connectivity index (χ1) is 7.79. The summed E-state index contributed by atoms with van der Waals surface area (Å²) in [5.41, 5.74) is 0. The van der Waals surface area contributed by atoms with E-state index in [1.165, 1.54) is 32.1 Å². The maximum atomic E-state index is 11.8. The first kappa shape index (κ1) is 10.2. The van der Waals surface area contributed by atoms with E-state index in [2.05, 4.69) is 22.6 Å². The smallest absolute Gasteiger partial charge is 0.309 e. The molecule has 0 aromatic rings. The largest absolute Gasteiger partial charge is 0.461 e. The molecule has 3 heteroatoms. The van der Waals surface area contributed by atoms with Gasteiger partial charge in [0.2, 0.25) is 0 Å². The standard InChI is InChI=1S/C13H17IO2/c14-11-8-7(6-4-2-1-3-5-6)10-9(8)12(11)16-13(10)15/h6-12H,1-5H2. The number of carbonyl (C=O) groups excluding carboxylic acids is 1. The van der Waals surface area contributed by atoms with Gasteiger partial charge >= 0.3 is 5.97 Å². The maximum absolute atomic E-state index is 11.8. The van der Waals surface area contributed by atoms with Gasteiger partial charge in [-0.2, -0.15) is 0 Å². The number of alkyl halides is 1. The minimum absolute atomic E-state index is 0.140. The number of ether oxygens (including phenoxy) is 1. The highest BCUT2D eigenvalue weighted by molar-refractivity contribution is 14.1. The van der Waals surface area contributed by atoms with Crippen LogP contribution in [-0.2, 0) is 9.53 Å². The van der Waals surface area contributed by atoms with Gasteiger partial charge in [0.15, 0.2) is 0 Å². The molecule has 0 spiro atoms. The fourth-order valence-electron chi connectivity index (χ4n) is 4.78. The lowest BCUT2D eigenvalue weighted by atomic mass is 9.43. The second kappa shape index (κ2) is 3.36. The lowest BCUT2D eigenvalue weighted by Crippen LogP contribution is -2.66. The van der Waals surface area contributed by atoms with Crippen molar-refractivity contribution in [1.82, 2.24) is 0 Å². The first-order valence-corrected chi connectivity index (χ1v) is 7.88. The summed E-state index contributed by atoms with van der Waals surface area (Å²) in [7, 11) is 0. The van der Waals surface area contributed by atoms with E-state index in [9.17, 15) is 4.79 Å². The number of hydrogen-bond acceptors (Lipinski definition) is 2. The van der Waals surface area contributed by atoms with Crippen LogP contribution in [-0.4, -0.2) is 16.0 Å². The van der Waals surface area contributed by atoms with E-state index in [1.807, 2.05) is 0 Å². The molecule has 88 valence electrons. The number of carbonyl (C=O) groups is 1. The minimum Gasteiger partial charge on any atom is -0.461 e. The van der Waals surface area contributed by atoms with Crippen molar-refractivity contribution in [2.75, 3.05) is 0 Å². The Morgan fingerprint density at radius 1 is 1.06 bits per heavy atom. The van der Waals surface area contributed by atoms with Crippen LogP contribution in [0.25, 0.3) is 0 Å². The van der Waals surface area contributed by atoms with E-state index in [0.29, 0.717) is 27.8 Å². The predicted octanol–water partition coefficient (Wildman–Crippen LogP) is 2.79. The Balaban J connectivity index is 1.58. The van der Waals surface area contributed by atoms with Crippen molar-refractivity contribution in [3.05, 3.63) is 0 Å². The highest BCUT2D eigenvalue weighted by Gasteiger charge is 2.74. The number of hydrogen-bond donors (Lipinski definition) is 0. The van der Waals surface area contributed by atoms with Crippen LogP contribution < -0.4 is 0 Å². The summed E-state index contributed by atoms with van der Waals surface area (Å²) in [6.07, 6.45) is 7.20. The molecule has 4 fully saturated rings. The van der Waals surface area contributed by atoms with Crippen LogP contribution in [0.5, 0.6) is 0 Å². The maximum Gasteiger partial charge on any atom is 0.309 e. The van der Waals surface area contributed by atoms with Gasteiger partial charge in [-0.3, -0.25) is 4.79 Å². The van der Waals surface area contributed by atoms with Crippen molar-refractivity contribution in [3.8, 4) is 0 Å². The molecule has 1 heterocycles. The highest BCUT2D eigenvalue weighted by Crippen LogP contribution is 2.68. The molecule has 0 radical (unpaired) electrons. The second-order valence-electron chi connectivity index (χ2n) is 6.00. The van der Waals surface area contributed by atoms with E-state index < -0.39 is 0 Å². The fourth-order valence-corrected chi connectivity index (χ4v) is 6.36. The summed E-state index contributed by atoms with van der Waals surface area (Å²) >= 11 is 2.52. The van der Waals surface area contributed by atoms with Crippen molar-refractivity contribution in [2.45, 2.75) is 42.1 Å². The van der Waals surface area contributed by atoms with Crippen LogP contribution in [0.4, 0.5) is 0 Å². The molecule has 6 unspecified atom stereocenters. The van der Waals surface area contributed by atoms with E-state index >= 15 is 0 Å². The second-order valence-corrected chi connectivity index (χ2v) is 7.44. The Kier molecular flexibility index (Phi) is 2.13. The summed E-state index contributed by atoms with van der Waals surface area (Å²) < 4.78 is 6.12. The van der Waals surface area contributed by atoms with E-state index in [0.717, 1.165) is 11.8 Å². The Hall–Kier alpha value is 0.200. The Bertz CT molecular complexity index is 337. The van der Waals surface area contributed by atoms with Crippen LogP contribution >= 0.6 is 22.6 Å². The zero-order valence-corrected chi connectivity index (χ0v) is 11.4. The van der Waals surface area contributed by atoms with Gasteiger partial charge in [-0.25, -0.2) is 0 Å². The Morgan fingerprint density at radius 2 is 1.81 bits per heavy atom. The van der Waals surface area contributed by atoms with Gasteiger partial charge in [-0.1, -0.05) is 54.7 Å². The van der Waals surface area contributed by atoms with Gasteiger partial charge in [0.05, 0.1) is 9.84 Å². The molecule has 4 aliphatic rings. The first-order valence-electron chi connectivity index (χ1n) is 6.63. The highest BCUT2D eigenvalue weighted by atomic mass is 127. The van der Waals surface area contributed by atoms with Crippen LogP contribution in [0.15, 0.2) is 0 Å². The summed E-state index contributed by atoms with van der Waals surface area (Å²) in [5, 5.41) is 0. The van der Waals surface area contributed by atoms with E-state index in [1.54, 1.807) is 0 Å². The summed E-state index contributed by atoms with van der Waals surface area (Å²) in [4.78, 5) is 11.8. The topological polar surface area (TPSA) is 26.3 Å². The summed E-state index contributed by atoms with van der Waals surface area (Å²) in [5.74, 6) is 3.43. The van der Waals surface area contributed by atoms with Crippen molar-refractivity contribution in [1.29, 1.82) is 0 Å². The van der Waals surface area contributed by atoms with Crippen LogP contribution in [0.3, 0.4) is 0 Å². The number of esters is 1. The third-order valence-electron chi connectivity index (χ3n) is 5.50. The molecule has 1 saturated heterocycles. The van der Waals surface area contributed by atoms with Gasteiger partial charge in [0.25, 0.3) is 0 Å². The molecule has 0 bridgehead atoms. The monoisotopic (exact) mass is 332 g/mol. The van der Waals surface area contributed by atoms with Crippen molar-refractivity contribution in [2.24, 2.45) is 29.6 Å².